The first-order chi connectivity index (χ1) is 8.14. The standard InChI is InChI=1S/C13H23N3O/c1-3-11(14)12-8-15-10-16(12)9-13(2)4-6-17-7-5-13/h8,10-11H,3-7,9,14H2,1-2H3/t11-/m1/s1. The molecular formula is C13H23N3O. The van der Waals surface area contributed by atoms with Crippen LogP contribution in [0, 0.1) is 5.41 Å². The topological polar surface area (TPSA) is 53.1 Å². The molecule has 1 aromatic heterocycles. The van der Waals surface area contributed by atoms with Gasteiger partial charge in [-0.25, -0.2) is 4.98 Å². The van der Waals surface area contributed by atoms with Gasteiger partial charge in [0.15, 0.2) is 0 Å². The van der Waals surface area contributed by atoms with E-state index in [2.05, 4.69) is 23.4 Å². The van der Waals surface area contributed by atoms with Crippen molar-refractivity contribution in [2.45, 2.75) is 45.7 Å². The van der Waals surface area contributed by atoms with Crippen LogP contribution < -0.4 is 5.73 Å². The fourth-order valence-corrected chi connectivity index (χ4v) is 2.41. The Morgan fingerprint density at radius 2 is 2.24 bits per heavy atom. The van der Waals surface area contributed by atoms with Crippen LogP contribution in [-0.2, 0) is 11.3 Å². The van der Waals surface area contributed by atoms with E-state index in [4.69, 9.17) is 10.5 Å². The highest BCUT2D eigenvalue weighted by Gasteiger charge is 2.28. The molecule has 0 unspecified atom stereocenters. The second-order valence-corrected chi connectivity index (χ2v) is 5.38. The van der Waals surface area contributed by atoms with Crippen LogP contribution in [0.15, 0.2) is 12.5 Å². The van der Waals surface area contributed by atoms with Crippen molar-refractivity contribution in [1.29, 1.82) is 0 Å². The van der Waals surface area contributed by atoms with Gasteiger partial charge in [0.2, 0.25) is 0 Å². The van der Waals surface area contributed by atoms with Gasteiger partial charge in [-0.15, -0.1) is 0 Å². The fourth-order valence-electron chi connectivity index (χ4n) is 2.41. The van der Waals surface area contributed by atoms with E-state index in [9.17, 15) is 0 Å². The molecule has 2 heterocycles. The van der Waals surface area contributed by atoms with E-state index in [0.29, 0.717) is 5.41 Å². The lowest BCUT2D eigenvalue weighted by Gasteiger charge is -2.34. The van der Waals surface area contributed by atoms with Crippen LogP contribution in [-0.4, -0.2) is 22.8 Å². The number of imidazole rings is 1. The van der Waals surface area contributed by atoms with Crippen molar-refractivity contribution >= 4 is 0 Å². The zero-order valence-corrected chi connectivity index (χ0v) is 10.9. The van der Waals surface area contributed by atoms with Crippen LogP contribution in [0.4, 0.5) is 0 Å². The lowest BCUT2D eigenvalue weighted by Crippen LogP contribution is -2.32. The van der Waals surface area contributed by atoms with Crippen molar-refractivity contribution in [3.8, 4) is 0 Å². The van der Waals surface area contributed by atoms with Gasteiger partial charge in [0, 0.05) is 32.0 Å². The quantitative estimate of drug-likeness (QED) is 0.872. The van der Waals surface area contributed by atoms with Crippen LogP contribution >= 0.6 is 0 Å². The molecular weight excluding hydrogens is 214 g/mol. The van der Waals surface area contributed by atoms with Gasteiger partial charge in [-0.05, 0) is 24.7 Å². The average Bonchev–Trinajstić information content (AvgIpc) is 2.76. The minimum Gasteiger partial charge on any atom is -0.381 e. The lowest BCUT2D eigenvalue weighted by molar-refractivity contribution is 0.0150. The van der Waals surface area contributed by atoms with Crippen LogP contribution in [0.25, 0.3) is 0 Å². The van der Waals surface area contributed by atoms with Gasteiger partial charge >= 0.3 is 0 Å². The maximum absolute atomic E-state index is 6.10. The van der Waals surface area contributed by atoms with Crippen molar-refractivity contribution < 1.29 is 4.74 Å². The van der Waals surface area contributed by atoms with E-state index in [1.807, 2.05) is 12.5 Å². The Kier molecular flexibility index (Phi) is 3.84. The molecule has 0 bridgehead atoms. The molecule has 0 radical (unpaired) electrons. The second kappa shape index (κ2) is 5.19. The first-order valence-corrected chi connectivity index (χ1v) is 6.48. The molecule has 1 fully saturated rings. The fraction of sp³-hybridized carbons (Fsp3) is 0.769. The van der Waals surface area contributed by atoms with Crippen LogP contribution in [0.2, 0.25) is 0 Å². The van der Waals surface area contributed by atoms with Gasteiger partial charge in [-0.2, -0.15) is 0 Å². The molecule has 1 aliphatic heterocycles. The van der Waals surface area contributed by atoms with Gasteiger partial charge in [0.1, 0.15) is 0 Å². The molecule has 0 amide bonds. The monoisotopic (exact) mass is 237 g/mol. The Bertz CT molecular complexity index is 355. The van der Waals surface area contributed by atoms with Crippen LogP contribution in [0.1, 0.15) is 44.8 Å². The van der Waals surface area contributed by atoms with E-state index in [-0.39, 0.29) is 6.04 Å². The summed E-state index contributed by atoms with van der Waals surface area (Å²) >= 11 is 0. The van der Waals surface area contributed by atoms with Crippen LogP contribution in [0.5, 0.6) is 0 Å². The summed E-state index contributed by atoms with van der Waals surface area (Å²) in [7, 11) is 0. The SMILES string of the molecule is CC[C@@H](N)c1cncn1CC1(C)CCOCC1. The first kappa shape index (κ1) is 12.6. The maximum atomic E-state index is 6.10. The summed E-state index contributed by atoms with van der Waals surface area (Å²) in [6.45, 7) is 7.19. The molecule has 1 atom stereocenters. The summed E-state index contributed by atoms with van der Waals surface area (Å²) in [6.07, 6.45) is 6.99. The average molecular weight is 237 g/mol. The van der Waals surface area contributed by atoms with E-state index < -0.39 is 0 Å². The summed E-state index contributed by atoms with van der Waals surface area (Å²) in [4.78, 5) is 4.24. The third-order valence-corrected chi connectivity index (χ3v) is 3.82. The minimum atomic E-state index is 0.0981. The summed E-state index contributed by atoms with van der Waals surface area (Å²) in [6, 6.07) is 0.0981. The van der Waals surface area contributed by atoms with Gasteiger partial charge < -0.3 is 15.0 Å². The number of rotatable bonds is 4. The Morgan fingerprint density at radius 3 is 2.88 bits per heavy atom. The highest BCUT2D eigenvalue weighted by Crippen LogP contribution is 2.32. The van der Waals surface area contributed by atoms with Gasteiger partial charge in [-0.3, -0.25) is 0 Å². The number of aromatic nitrogens is 2. The summed E-state index contributed by atoms with van der Waals surface area (Å²) in [5, 5.41) is 0. The Morgan fingerprint density at radius 1 is 1.53 bits per heavy atom. The van der Waals surface area contributed by atoms with Crippen molar-refractivity contribution in [2.24, 2.45) is 11.1 Å². The van der Waals surface area contributed by atoms with E-state index >= 15 is 0 Å². The van der Waals surface area contributed by atoms with Gasteiger partial charge in [0.25, 0.3) is 0 Å². The van der Waals surface area contributed by atoms with E-state index in [0.717, 1.165) is 44.7 Å². The van der Waals surface area contributed by atoms with Crippen molar-refractivity contribution in [2.75, 3.05) is 13.2 Å². The zero-order chi connectivity index (χ0) is 12.3. The number of hydrogen-bond donors (Lipinski definition) is 1. The molecule has 1 saturated heterocycles. The lowest BCUT2D eigenvalue weighted by atomic mass is 9.82. The van der Waals surface area contributed by atoms with Crippen LogP contribution in [0.3, 0.4) is 0 Å². The molecule has 0 saturated carbocycles. The number of hydrogen-bond acceptors (Lipinski definition) is 3. The van der Waals surface area contributed by atoms with Gasteiger partial charge in [-0.1, -0.05) is 13.8 Å². The smallest absolute Gasteiger partial charge is 0.0948 e. The number of nitrogens with zero attached hydrogens (tertiary/aromatic N) is 2. The third kappa shape index (κ3) is 2.87. The normalized spacial score (nSPS) is 21.4. The second-order valence-electron chi connectivity index (χ2n) is 5.38. The Balaban J connectivity index is 2.10. The minimum absolute atomic E-state index is 0.0981. The molecule has 1 aliphatic rings. The molecule has 0 aliphatic carbocycles. The molecule has 2 N–H and O–H groups in total. The molecule has 4 nitrogen and oxygen atoms in total. The zero-order valence-electron chi connectivity index (χ0n) is 10.9. The van der Waals surface area contributed by atoms with E-state index in [1.54, 1.807) is 0 Å². The van der Waals surface area contributed by atoms with Gasteiger partial charge in [0.05, 0.1) is 12.0 Å². The summed E-state index contributed by atoms with van der Waals surface area (Å²) < 4.78 is 7.66. The summed E-state index contributed by atoms with van der Waals surface area (Å²) in [5.74, 6) is 0. The number of nitrogens with two attached hydrogens (primary N) is 1. The molecule has 17 heavy (non-hydrogen) atoms. The molecule has 96 valence electrons. The van der Waals surface area contributed by atoms with E-state index in [1.165, 1.54) is 0 Å². The Hall–Kier alpha value is -0.870. The molecule has 0 spiro atoms. The third-order valence-electron chi connectivity index (χ3n) is 3.82. The first-order valence-electron chi connectivity index (χ1n) is 6.48. The largest absolute Gasteiger partial charge is 0.381 e. The molecule has 4 heteroatoms. The highest BCUT2D eigenvalue weighted by atomic mass is 16.5. The summed E-state index contributed by atoms with van der Waals surface area (Å²) in [5.41, 5.74) is 7.58. The maximum Gasteiger partial charge on any atom is 0.0948 e. The predicted octanol–water partition coefficient (Wildman–Crippen LogP) is 2.11. The molecule has 1 aromatic rings. The van der Waals surface area contributed by atoms with Crippen molar-refractivity contribution in [3.05, 3.63) is 18.2 Å². The van der Waals surface area contributed by atoms with Crippen molar-refractivity contribution in [3.63, 3.8) is 0 Å². The predicted molar refractivity (Wildman–Crippen MR) is 67.6 cm³/mol. The molecule has 0 aromatic carbocycles. The van der Waals surface area contributed by atoms with Crippen molar-refractivity contribution in [1.82, 2.24) is 9.55 Å². The number of ether oxygens (including phenoxy) is 1. The highest BCUT2D eigenvalue weighted by molar-refractivity contribution is 5.05. The molecule has 2 rings (SSSR count). The Labute approximate surface area is 103 Å².